The van der Waals surface area contributed by atoms with Crippen molar-refractivity contribution < 1.29 is 13.9 Å². The smallest absolute Gasteiger partial charge is 0.274 e. The predicted octanol–water partition coefficient (Wildman–Crippen LogP) is 3.71. The number of benzene rings is 1. The van der Waals surface area contributed by atoms with E-state index in [0.29, 0.717) is 18.8 Å². The van der Waals surface area contributed by atoms with Gasteiger partial charge in [0.25, 0.3) is 5.91 Å². The standard InChI is InChI=1S/C23H22FN5O2/c1-15-6-8-28-13-20(25-22(28)10-15)23(30)29-9-7-16(12-29)19-11-17(26-27-19)14-31-21-5-3-2-4-18(21)24/h2-6,8,10-11,13,16H,7,9,12,14H2,1H3,(H,26,27)/t16-/m1/s1. The van der Waals surface area contributed by atoms with Gasteiger partial charge in [-0.25, -0.2) is 9.37 Å². The number of fused-ring (bicyclic) bond motifs is 1. The summed E-state index contributed by atoms with van der Waals surface area (Å²) in [6, 6.07) is 12.2. The molecule has 1 amide bonds. The number of carbonyl (C=O) groups excluding carboxylic acids is 1. The molecule has 4 heterocycles. The molecule has 3 aromatic heterocycles. The van der Waals surface area contributed by atoms with Crippen molar-refractivity contribution in [3.63, 3.8) is 0 Å². The molecule has 1 atom stereocenters. The van der Waals surface area contributed by atoms with Gasteiger partial charge in [0.1, 0.15) is 17.9 Å². The number of amides is 1. The summed E-state index contributed by atoms with van der Waals surface area (Å²) in [5.74, 6) is -0.114. The Morgan fingerprint density at radius 2 is 2.16 bits per heavy atom. The van der Waals surface area contributed by atoms with E-state index in [4.69, 9.17) is 4.74 Å². The van der Waals surface area contributed by atoms with Crippen molar-refractivity contribution in [3.05, 3.63) is 83.3 Å². The molecule has 0 radical (unpaired) electrons. The average molecular weight is 419 g/mol. The molecular formula is C23H22FN5O2. The predicted molar refractivity (Wildman–Crippen MR) is 113 cm³/mol. The maximum absolute atomic E-state index is 13.7. The number of aryl methyl sites for hydroxylation is 1. The third-order valence-electron chi connectivity index (χ3n) is 5.60. The molecule has 4 aromatic rings. The van der Waals surface area contributed by atoms with E-state index in [-0.39, 0.29) is 24.2 Å². The van der Waals surface area contributed by atoms with Crippen molar-refractivity contribution in [2.45, 2.75) is 25.9 Å². The van der Waals surface area contributed by atoms with Crippen molar-refractivity contribution >= 4 is 11.6 Å². The molecule has 0 aliphatic carbocycles. The lowest BCUT2D eigenvalue weighted by Crippen LogP contribution is -2.28. The number of rotatable bonds is 5. The first-order valence-electron chi connectivity index (χ1n) is 10.2. The van der Waals surface area contributed by atoms with Crippen LogP contribution in [0.1, 0.15) is 39.8 Å². The van der Waals surface area contributed by atoms with Crippen molar-refractivity contribution in [1.82, 2.24) is 24.5 Å². The van der Waals surface area contributed by atoms with Crippen LogP contribution in [0.4, 0.5) is 4.39 Å². The molecule has 0 unspecified atom stereocenters. The van der Waals surface area contributed by atoms with E-state index < -0.39 is 5.82 Å². The lowest BCUT2D eigenvalue weighted by Gasteiger charge is -2.14. The SMILES string of the molecule is Cc1ccn2cc(C(=O)N3CC[C@@H](c4cc(COc5ccccc5F)[nH]n4)C3)nc2c1. The van der Waals surface area contributed by atoms with E-state index in [2.05, 4.69) is 15.2 Å². The highest BCUT2D eigenvalue weighted by molar-refractivity contribution is 5.93. The van der Waals surface area contributed by atoms with Crippen LogP contribution >= 0.6 is 0 Å². The highest BCUT2D eigenvalue weighted by Crippen LogP contribution is 2.28. The van der Waals surface area contributed by atoms with Gasteiger partial charge in [-0.1, -0.05) is 12.1 Å². The third kappa shape index (κ3) is 3.88. The number of ether oxygens (including phenoxy) is 1. The number of nitrogens with one attached hydrogen (secondary N) is 1. The number of aromatic amines is 1. The monoisotopic (exact) mass is 419 g/mol. The molecule has 1 aliphatic rings. The van der Waals surface area contributed by atoms with Gasteiger partial charge in [0, 0.05) is 31.4 Å². The number of hydrogen-bond acceptors (Lipinski definition) is 4. The molecule has 5 rings (SSSR count). The maximum Gasteiger partial charge on any atom is 0.274 e. The summed E-state index contributed by atoms with van der Waals surface area (Å²) in [6.45, 7) is 3.44. The van der Waals surface area contributed by atoms with Crippen LogP contribution in [-0.4, -0.2) is 43.5 Å². The van der Waals surface area contributed by atoms with E-state index in [1.165, 1.54) is 6.07 Å². The van der Waals surface area contributed by atoms with Crippen LogP contribution in [0, 0.1) is 12.7 Å². The number of halogens is 1. The minimum absolute atomic E-state index is 0.0671. The second-order valence-corrected chi connectivity index (χ2v) is 7.87. The lowest BCUT2D eigenvalue weighted by atomic mass is 10.1. The Kier molecular flexibility index (Phi) is 4.89. The molecule has 0 spiro atoms. The van der Waals surface area contributed by atoms with E-state index >= 15 is 0 Å². The number of aromatic nitrogens is 4. The van der Waals surface area contributed by atoms with Crippen molar-refractivity contribution in [1.29, 1.82) is 0 Å². The molecule has 1 aliphatic heterocycles. The fraction of sp³-hybridized carbons (Fsp3) is 0.261. The maximum atomic E-state index is 13.7. The van der Waals surface area contributed by atoms with Crippen molar-refractivity contribution in [2.75, 3.05) is 13.1 Å². The van der Waals surface area contributed by atoms with Gasteiger partial charge in [0.15, 0.2) is 11.6 Å². The summed E-state index contributed by atoms with van der Waals surface area (Å²) < 4.78 is 21.1. The van der Waals surface area contributed by atoms with Crippen LogP contribution in [0.3, 0.4) is 0 Å². The summed E-state index contributed by atoms with van der Waals surface area (Å²) in [7, 11) is 0. The van der Waals surface area contributed by atoms with Gasteiger partial charge in [-0.15, -0.1) is 0 Å². The number of nitrogens with zero attached hydrogens (tertiary/aromatic N) is 4. The highest BCUT2D eigenvalue weighted by atomic mass is 19.1. The van der Waals surface area contributed by atoms with Crippen molar-refractivity contribution in [2.24, 2.45) is 0 Å². The molecule has 0 bridgehead atoms. The molecule has 158 valence electrons. The van der Waals surface area contributed by atoms with Gasteiger partial charge in [-0.2, -0.15) is 5.10 Å². The normalized spacial score (nSPS) is 16.2. The second kappa shape index (κ2) is 7.86. The van der Waals surface area contributed by atoms with E-state index in [1.807, 2.05) is 40.6 Å². The summed E-state index contributed by atoms with van der Waals surface area (Å²) in [4.78, 5) is 19.2. The van der Waals surface area contributed by atoms with Crippen LogP contribution in [0.15, 0.2) is 54.9 Å². The van der Waals surface area contributed by atoms with E-state index in [1.54, 1.807) is 24.4 Å². The summed E-state index contributed by atoms with van der Waals surface area (Å²) in [5, 5.41) is 7.34. The third-order valence-corrected chi connectivity index (χ3v) is 5.60. The number of likely N-dealkylation sites (tertiary alicyclic amines) is 1. The fourth-order valence-corrected chi connectivity index (χ4v) is 3.91. The van der Waals surface area contributed by atoms with Crippen molar-refractivity contribution in [3.8, 4) is 5.75 Å². The molecule has 8 heteroatoms. The summed E-state index contributed by atoms with van der Waals surface area (Å²) in [6.07, 6.45) is 4.52. The molecule has 1 N–H and O–H groups in total. The van der Waals surface area contributed by atoms with E-state index in [0.717, 1.165) is 29.0 Å². The molecule has 7 nitrogen and oxygen atoms in total. The zero-order valence-electron chi connectivity index (χ0n) is 17.1. The number of H-pyrrole nitrogens is 1. The van der Waals surface area contributed by atoms with Gasteiger partial charge in [-0.05, 0) is 49.2 Å². The molecule has 1 aromatic carbocycles. The Labute approximate surface area is 178 Å². The van der Waals surface area contributed by atoms with Crippen LogP contribution < -0.4 is 4.74 Å². The Hall–Kier alpha value is -3.68. The number of carbonyl (C=O) groups is 1. The van der Waals surface area contributed by atoms with Crippen LogP contribution in [0.25, 0.3) is 5.65 Å². The Morgan fingerprint density at radius 3 is 3.03 bits per heavy atom. The zero-order chi connectivity index (χ0) is 21.4. The van der Waals surface area contributed by atoms with Gasteiger partial charge in [0.05, 0.1) is 11.4 Å². The Bertz CT molecular complexity index is 1250. The zero-order valence-corrected chi connectivity index (χ0v) is 17.1. The number of hydrogen-bond donors (Lipinski definition) is 1. The molecule has 0 saturated carbocycles. The Morgan fingerprint density at radius 1 is 1.29 bits per heavy atom. The number of imidazole rings is 1. The average Bonchev–Trinajstić information content (AvgIpc) is 3.51. The molecule has 1 fully saturated rings. The minimum atomic E-state index is -0.394. The van der Waals surface area contributed by atoms with Gasteiger partial charge in [0.2, 0.25) is 0 Å². The summed E-state index contributed by atoms with van der Waals surface area (Å²) >= 11 is 0. The molecule has 31 heavy (non-hydrogen) atoms. The molecular weight excluding hydrogens is 397 g/mol. The fourth-order valence-electron chi connectivity index (χ4n) is 3.91. The van der Waals surface area contributed by atoms with Crippen LogP contribution in [-0.2, 0) is 6.61 Å². The number of pyridine rings is 1. The van der Waals surface area contributed by atoms with Gasteiger partial charge < -0.3 is 14.0 Å². The first-order valence-corrected chi connectivity index (χ1v) is 10.2. The van der Waals surface area contributed by atoms with E-state index in [9.17, 15) is 9.18 Å². The first-order chi connectivity index (χ1) is 15.1. The number of para-hydroxylation sites is 1. The van der Waals surface area contributed by atoms with Gasteiger partial charge in [-0.3, -0.25) is 9.89 Å². The second-order valence-electron chi connectivity index (χ2n) is 7.87. The molecule has 1 saturated heterocycles. The summed E-state index contributed by atoms with van der Waals surface area (Å²) in [5.41, 5.74) is 3.97. The van der Waals surface area contributed by atoms with Gasteiger partial charge >= 0.3 is 0 Å². The van der Waals surface area contributed by atoms with Crippen LogP contribution in [0.5, 0.6) is 5.75 Å². The first kappa shape index (κ1) is 19.3. The topological polar surface area (TPSA) is 75.5 Å². The highest BCUT2D eigenvalue weighted by Gasteiger charge is 2.30. The largest absolute Gasteiger partial charge is 0.484 e. The minimum Gasteiger partial charge on any atom is -0.484 e. The van der Waals surface area contributed by atoms with Crippen LogP contribution in [0.2, 0.25) is 0 Å². The quantitative estimate of drug-likeness (QED) is 0.535. The lowest BCUT2D eigenvalue weighted by molar-refractivity contribution is 0.0785. The Balaban J connectivity index is 1.23.